The summed E-state index contributed by atoms with van der Waals surface area (Å²) < 4.78 is 39.8. The number of fused-ring (bicyclic) bond motifs is 1. The van der Waals surface area contributed by atoms with E-state index in [1.165, 1.54) is 23.0 Å². The zero-order chi connectivity index (χ0) is 15.0. The maximum atomic E-state index is 12.8. The minimum atomic E-state index is -4.41. The zero-order valence-corrected chi connectivity index (χ0v) is 10.5. The maximum Gasteiger partial charge on any atom is 0.416 e. The first-order valence-corrected chi connectivity index (χ1v) is 5.95. The second kappa shape index (κ2) is 4.69. The van der Waals surface area contributed by atoms with Gasteiger partial charge in [0, 0.05) is 6.20 Å². The molecule has 0 radical (unpaired) electrons. The standard InChI is InChI=1S/C14H8F3N3O/c15-14(16,17)10-3-1-2-9(6-10)12-4-5-18-13-11(7-21)19-8-20(12)13/h1-8H. The maximum absolute atomic E-state index is 12.8. The molecule has 0 saturated carbocycles. The van der Waals surface area contributed by atoms with Gasteiger partial charge in [0.1, 0.15) is 12.0 Å². The number of hydrogen-bond acceptors (Lipinski definition) is 3. The molecule has 0 aliphatic heterocycles. The van der Waals surface area contributed by atoms with E-state index in [4.69, 9.17) is 0 Å². The second-order valence-electron chi connectivity index (χ2n) is 4.35. The lowest BCUT2D eigenvalue weighted by molar-refractivity contribution is -0.137. The quantitative estimate of drug-likeness (QED) is 0.681. The molecule has 106 valence electrons. The molecule has 0 spiro atoms. The number of imidazole rings is 1. The molecule has 0 aliphatic rings. The topological polar surface area (TPSA) is 47.3 Å². The normalized spacial score (nSPS) is 11.8. The first-order valence-electron chi connectivity index (χ1n) is 5.95. The summed E-state index contributed by atoms with van der Waals surface area (Å²) in [6, 6.07) is 6.52. The van der Waals surface area contributed by atoms with Gasteiger partial charge in [-0.3, -0.25) is 9.20 Å². The fourth-order valence-corrected chi connectivity index (χ4v) is 2.09. The van der Waals surface area contributed by atoms with Gasteiger partial charge in [-0.15, -0.1) is 0 Å². The van der Waals surface area contributed by atoms with Crippen molar-refractivity contribution in [2.75, 3.05) is 0 Å². The summed E-state index contributed by atoms with van der Waals surface area (Å²) in [5.41, 5.74) is 0.559. The summed E-state index contributed by atoms with van der Waals surface area (Å²) in [7, 11) is 0. The van der Waals surface area contributed by atoms with E-state index in [-0.39, 0.29) is 5.69 Å². The summed E-state index contributed by atoms with van der Waals surface area (Å²) in [6.07, 6.45) is -1.06. The highest BCUT2D eigenvalue weighted by Crippen LogP contribution is 2.32. The highest BCUT2D eigenvalue weighted by atomic mass is 19.4. The van der Waals surface area contributed by atoms with Gasteiger partial charge in [-0.2, -0.15) is 13.2 Å². The van der Waals surface area contributed by atoms with Crippen LogP contribution in [0.25, 0.3) is 16.9 Å². The number of alkyl halides is 3. The summed E-state index contributed by atoms with van der Waals surface area (Å²) in [5.74, 6) is 0. The van der Waals surface area contributed by atoms with Crippen LogP contribution in [0.5, 0.6) is 0 Å². The van der Waals surface area contributed by atoms with E-state index in [1.807, 2.05) is 0 Å². The fourth-order valence-electron chi connectivity index (χ4n) is 2.09. The van der Waals surface area contributed by atoms with Crippen LogP contribution in [0.15, 0.2) is 42.9 Å². The molecule has 2 heterocycles. The third-order valence-electron chi connectivity index (χ3n) is 3.06. The van der Waals surface area contributed by atoms with Crippen LogP contribution in [0.2, 0.25) is 0 Å². The number of benzene rings is 1. The molecule has 0 saturated heterocycles. The van der Waals surface area contributed by atoms with Crippen molar-refractivity contribution in [3.05, 3.63) is 54.1 Å². The molecule has 3 rings (SSSR count). The Morgan fingerprint density at radius 1 is 1.14 bits per heavy atom. The largest absolute Gasteiger partial charge is 0.416 e. The number of aromatic nitrogens is 3. The number of halogens is 3. The van der Waals surface area contributed by atoms with Crippen molar-refractivity contribution < 1.29 is 18.0 Å². The monoisotopic (exact) mass is 291 g/mol. The Hall–Kier alpha value is -2.70. The van der Waals surface area contributed by atoms with E-state index in [2.05, 4.69) is 9.97 Å². The summed E-state index contributed by atoms with van der Waals surface area (Å²) >= 11 is 0. The second-order valence-corrected chi connectivity index (χ2v) is 4.35. The van der Waals surface area contributed by atoms with Gasteiger partial charge in [0.25, 0.3) is 0 Å². The van der Waals surface area contributed by atoms with Gasteiger partial charge in [0.2, 0.25) is 0 Å². The van der Waals surface area contributed by atoms with Crippen LogP contribution < -0.4 is 0 Å². The van der Waals surface area contributed by atoms with Crippen LogP contribution in [0.4, 0.5) is 13.2 Å². The van der Waals surface area contributed by atoms with Crippen LogP contribution in [-0.4, -0.2) is 20.7 Å². The first kappa shape index (κ1) is 13.3. The molecule has 1 aromatic carbocycles. The van der Waals surface area contributed by atoms with Crippen molar-refractivity contribution >= 4 is 11.9 Å². The van der Waals surface area contributed by atoms with Gasteiger partial charge >= 0.3 is 6.18 Å². The number of nitrogens with zero attached hydrogens (tertiary/aromatic N) is 3. The first-order chi connectivity index (χ1) is 10.0. The van der Waals surface area contributed by atoms with Crippen molar-refractivity contribution in [1.82, 2.24) is 14.4 Å². The van der Waals surface area contributed by atoms with Gasteiger partial charge in [-0.05, 0) is 23.8 Å². The Morgan fingerprint density at radius 3 is 2.67 bits per heavy atom. The SMILES string of the molecule is O=Cc1ncn2c(-c3cccc(C(F)(F)F)c3)ccnc12. The number of carbonyl (C=O) groups is 1. The molecule has 0 atom stereocenters. The van der Waals surface area contributed by atoms with Crippen molar-refractivity contribution in [1.29, 1.82) is 0 Å². The Bertz CT molecular complexity index is 824. The van der Waals surface area contributed by atoms with Gasteiger partial charge < -0.3 is 0 Å². The molecule has 0 bridgehead atoms. The minimum Gasteiger partial charge on any atom is -0.296 e. The van der Waals surface area contributed by atoms with Gasteiger partial charge in [0.15, 0.2) is 11.9 Å². The van der Waals surface area contributed by atoms with Gasteiger partial charge in [0.05, 0.1) is 11.3 Å². The van der Waals surface area contributed by atoms with Crippen LogP contribution in [0.1, 0.15) is 16.1 Å². The van der Waals surface area contributed by atoms with Crippen LogP contribution in [0, 0.1) is 0 Å². The highest BCUT2D eigenvalue weighted by molar-refractivity contribution is 5.82. The number of rotatable bonds is 2. The van der Waals surface area contributed by atoms with Gasteiger partial charge in [-0.1, -0.05) is 12.1 Å². The van der Waals surface area contributed by atoms with Crippen LogP contribution >= 0.6 is 0 Å². The summed E-state index contributed by atoms with van der Waals surface area (Å²) in [5, 5.41) is 0. The molecule has 21 heavy (non-hydrogen) atoms. The molecule has 3 aromatic rings. The predicted octanol–water partition coefficient (Wildman–Crippen LogP) is 3.23. The minimum absolute atomic E-state index is 0.142. The molecule has 0 amide bonds. The lowest BCUT2D eigenvalue weighted by Gasteiger charge is -2.10. The molecular formula is C14H8F3N3O. The zero-order valence-electron chi connectivity index (χ0n) is 10.5. The smallest absolute Gasteiger partial charge is 0.296 e. The average Bonchev–Trinajstić information content (AvgIpc) is 2.89. The molecule has 0 fully saturated rings. The summed E-state index contributed by atoms with van der Waals surface area (Å²) in [4.78, 5) is 18.7. The van der Waals surface area contributed by atoms with E-state index in [1.54, 1.807) is 12.1 Å². The predicted molar refractivity (Wildman–Crippen MR) is 68.8 cm³/mol. The van der Waals surface area contributed by atoms with Crippen LogP contribution in [0.3, 0.4) is 0 Å². The molecule has 7 heteroatoms. The lowest BCUT2D eigenvalue weighted by Crippen LogP contribution is -2.05. The number of aldehydes is 1. The number of hydrogen-bond donors (Lipinski definition) is 0. The van der Waals surface area contributed by atoms with E-state index in [9.17, 15) is 18.0 Å². The molecule has 0 aliphatic carbocycles. The average molecular weight is 291 g/mol. The van der Waals surface area contributed by atoms with E-state index >= 15 is 0 Å². The fraction of sp³-hybridized carbons (Fsp3) is 0.0714. The van der Waals surface area contributed by atoms with Gasteiger partial charge in [-0.25, -0.2) is 9.97 Å². The van der Waals surface area contributed by atoms with E-state index in [0.717, 1.165) is 12.1 Å². The third-order valence-corrected chi connectivity index (χ3v) is 3.06. The van der Waals surface area contributed by atoms with Crippen molar-refractivity contribution in [3.8, 4) is 11.3 Å². The Balaban J connectivity index is 2.21. The van der Waals surface area contributed by atoms with Crippen molar-refractivity contribution in [2.24, 2.45) is 0 Å². The third kappa shape index (κ3) is 2.26. The number of carbonyl (C=O) groups excluding carboxylic acids is 1. The Morgan fingerprint density at radius 2 is 1.95 bits per heavy atom. The molecular weight excluding hydrogens is 283 g/mol. The van der Waals surface area contributed by atoms with Crippen molar-refractivity contribution in [2.45, 2.75) is 6.18 Å². The van der Waals surface area contributed by atoms with Crippen LogP contribution in [-0.2, 0) is 6.18 Å². The highest BCUT2D eigenvalue weighted by Gasteiger charge is 2.30. The molecule has 2 aromatic heterocycles. The summed E-state index contributed by atoms with van der Waals surface area (Å²) in [6.45, 7) is 0. The lowest BCUT2D eigenvalue weighted by atomic mass is 10.1. The van der Waals surface area contributed by atoms with E-state index < -0.39 is 11.7 Å². The molecule has 4 nitrogen and oxygen atoms in total. The Kier molecular flexibility index (Phi) is 2.97. The Labute approximate surface area is 116 Å². The molecule has 0 unspecified atom stereocenters. The molecule has 0 N–H and O–H groups in total. The van der Waals surface area contributed by atoms with Crippen molar-refractivity contribution in [3.63, 3.8) is 0 Å². The van der Waals surface area contributed by atoms with E-state index in [0.29, 0.717) is 23.2 Å².